The first-order valence-corrected chi connectivity index (χ1v) is 26.3. The number of unbranched alkanes of at least 4 members (excludes halogenated alkanes) is 1. The number of carboxylic acids is 4. The maximum absolute atomic E-state index is 13.9. The normalized spacial score (nSPS) is 15.9. The Kier molecular flexibility index (Phi) is 25.7. The van der Waals surface area contributed by atoms with Crippen LogP contribution in [0.3, 0.4) is 0 Å². The lowest BCUT2D eigenvalue weighted by atomic mass is 9.93. The Morgan fingerprint density at radius 2 is 1.19 bits per heavy atom. The molecule has 2 heterocycles. The van der Waals surface area contributed by atoms with Gasteiger partial charge < -0.3 is 51.9 Å². The fourth-order valence-electron chi connectivity index (χ4n) is 8.52. The van der Waals surface area contributed by atoms with Crippen molar-refractivity contribution >= 4 is 93.8 Å². The Bertz CT molecular complexity index is 2260. The molecule has 25 heteroatoms. The molecule has 0 aromatic heterocycles. The Labute approximate surface area is 440 Å². The number of carbonyl (C=O) groups is 9. The zero-order valence-corrected chi connectivity index (χ0v) is 43.6. The lowest BCUT2D eigenvalue weighted by molar-refractivity contribution is -0.142. The lowest BCUT2D eigenvalue weighted by Gasteiger charge is -2.35. The standard InChI is InChI=1S/C49H70N10O13S2/c1-33(73)51-35-9-11-36(12-10-35)52-49(72)50-17-4-3-8-40(48(70)71)53-42(61)14-13-41(60)39(16-27-74-2)54-47(69)38-7-5-6-34-28-59(18-15-37(34)38)43(62)29-55-19-21-56(30-44(63)64)23-25-58(32-46(67)68)26-24-57(22-20-55)31-45(65)66/h5-7,9-12,39-40H,3-4,8,13-32H2,1-2H3,(H,51,73)(H,53,61)(H,54,69)(H,63,64)(H,65,66)(H,67,68)(H,70,71)(H2,50,52,72)/t39-,40-/m0/s1. The van der Waals surface area contributed by atoms with Gasteiger partial charge in [-0.1, -0.05) is 24.4 Å². The summed E-state index contributed by atoms with van der Waals surface area (Å²) in [7, 11) is 0. The predicted octanol–water partition coefficient (Wildman–Crippen LogP) is 1.57. The molecular formula is C49H70N10O13S2. The van der Waals surface area contributed by atoms with Crippen molar-refractivity contribution in [3.8, 4) is 0 Å². The van der Waals surface area contributed by atoms with E-state index in [1.165, 1.54) is 11.8 Å². The molecule has 2 aromatic carbocycles. The number of aliphatic carboxylic acids is 4. The van der Waals surface area contributed by atoms with E-state index in [1.54, 1.807) is 62.9 Å². The van der Waals surface area contributed by atoms with Crippen LogP contribution in [0.2, 0.25) is 0 Å². The van der Waals surface area contributed by atoms with E-state index in [2.05, 4.69) is 26.6 Å². The number of carboxylic acid groups (broad SMARTS) is 4. The van der Waals surface area contributed by atoms with Gasteiger partial charge in [0, 0.05) is 102 Å². The molecule has 406 valence electrons. The number of benzene rings is 2. The summed E-state index contributed by atoms with van der Waals surface area (Å²) in [6.07, 6.45) is 2.84. The van der Waals surface area contributed by atoms with Crippen LogP contribution in [0.25, 0.3) is 0 Å². The molecule has 23 nitrogen and oxygen atoms in total. The summed E-state index contributed by atoms with van der Waals surface area (Å²) in [5, 5.41) is 52.2. The topological polar surface area (TPSA) is 311 Å². The molecule has 5 amide bonds. The van der Waals surface area contributed by atoms with E-state index >= 15 is 0 Å². The smallest absolute Gasteiger partial charge is 0.326 e. The maximum Gasteiger partial charge on any atom is 0.326 e. The first-order chi connectivity index (χ1) is 35.3. The number of rotatable bonds is 26. The number of hydrogen-bond acceptors (Lipinski definition) is 15. The van der Waals surface area contributed by atoms with Crippen LogP contribution in [0.4, 0.5) is 16.2 Å². The van der Waals surface area contributed by atoms with E-state index in [4.69, 9.17) is 12.2 Å². The van der Waals surface area contributed by atoms with Crippen LogP contribution < -0.4 is 26.6 Å². The van der Waals surface area contributed by atoms with Crippen LogP contribution in [0.15, 0.2) is 42.5 Å². The van der Waals surface area contributed by atoms with Gasteiger partial charge in [-0.3, -0.25) is 53.2 Å². The SMILES string of the molecule is CSCC[C@H](NC(=O)c1cccc2c1CCN(C(=O)CN1CCN(CC(=O)O)CCN(CC(=O)O)CCN(CC(=O)O)CC1)C2)C(=O)CCC(=O)N[C@@H](CCCCNC(=O)Nc1ccc(NC(C)=S)cc1)C(=O)O. The van der Waals surface area contributed by atoms with Crippen LogP contribution in [0.1, 0.15) is 66.9 Å². The Morgan fingerprint density at radius 1 is 0.649 bits per heavy atom. The van der Waals surface area contributed by atoms with Crippen molar-refractivity contribution in [3.63, 3.8) is 0 Å². The third kappa shape index (κ3) is 22.1. The van der Waals surface area contributed by atoms with E-state index in [0.29, 0.717) is 41.3 Å². The van der Waals surface area contributed by atoms with Gasteiger partial charge in [0.1, 0.15) is 6.04 Å². The van der Waals surface area contributed by atoms with Gasteiger partial charge >= 0.3 is 29.9 Å². The van der Waals surface area contributed by atoms with Crippen molar-refractivity contribution in [3.05, 3.63) is 59.2 Å². The molecule has 1 fully saturated rings. The van der Waals surface area contributed by atoms with Crippen molar-refractivity contribution in [2.75, 3.05) is 114 Å². The highest BCUT2D eigenvalue weighted by Crippen LogP contribution is 2.24. The molecule has 74 heavy (non-hydrogen) atoms. The molecule has 9 N–H and O–H groups in total. The number of nitrogens with zero attached hydrogens (tertiary/aromatic N) is 5. The molecule has 0 radical (unpaired) electrons. The molecular weight excluding hydrogens is 1000 g/mol. The van der Waals surface area contributed by atoms with Crippen molar-refractivity contribution in [1.29, 1.82) is 0 Å². The number of fused-ring (bicyclic) bond motifs is 1. The highest BCUT2D eigenvalue weighted by molar-refractivity contribution is 7.98. The molecule has 4 rings (SSSR count). The first kappa shape index (κ1) is 60.3. The Balaban J connectivity index is 1.29. The summed E-state index contributed by atoms with van der Waals surface area (Å²) >= 11 is 6.51. The molecule has 2 aliphatic rings. The number of thiocarbonyl (C=S) groups is 1. The first-order valence-electron chi connectivity index (χ1n) is 24.5. The van der Waals surface area contributed by atoms with Crippen LogP contribution >= 0.6 is 24.0 Å². The van der Waals surface area contributed by atoms with E-state index in [9.17, 15) is 63.6 Å². The molecule has 2 aliphatic heterocycles. The number of hydrogen-bond donors (Lipinski definition) is 9. The molecule has 0 unspecified atom stereocenters. The minimum absolute atomic E-state index is 0.0401. The fraction of sp³-hybridized carbons (Fsp3) is 0.551. The van der Waals surface area contributed by atoms with Gasteiger partial charge in [0.05, 0.1) is 37.2 Å². The fourth-order valence-corrected chi connectivity index (χ4v) is 9.11. The van der Waals surface area contributed by atoms with E-state index < -0.39 is 59.6 Å². The molecule has 2 atom stereocenters. The molecule has 0 spiro atoms. The van der Waals surface area contributed by atoms with E-state index in [1.807, 2.05) is 17.2 Å². The number of Topliss-reactive ketones (excluding diaryl/α,β-unsaturated/α-hetero) is 1. The molecule has 0 saturated carbocycles. The summed E-state index contributed by atoms with van der Waals surface area (Å²) in [5.41, 5.74) is 3.16. The van der Waals surface area contributed by atoms with Crippen molar-refractivity contribution in [1.82, 2.24) is 40.4 Å². The van der Waals surface area contributed by atoms with Gasteiger partial charge in [-0.2, -0.15) is 11.8 Å². The molecule has 2 aromatic rings. The Hall–Kier alpha value is -6.25. The van der Waals surface area contributed by atoms with Crippen LogP contribution in [-0.2, 0) is 46.5 Å². The van der Waals surface area contributed by atoms with E-state index in [0.717, 1.165) is 16.8 Å². The largest absolute Gasteiger partial charge is 0.480 e. The molecule has 0 bridgehead atoms. The van der Waals surface area contributed by atoms with Gasteiger partial charge in [-0.05, 0) is 92.5 Å². The second-order valence-corrected chi connectivity index (χ2v) is 19.8. The summed E-state index contributed by atoms with van der Waals surface area (Å²) in [5.74, 6) is -5.61. The average molecular weight is 1070 g/mol. The second kappa shape index (κ2) is 31.5. The maximum atomic E-state index is 13.9. The number of thioether (sulfide) groups is 1. The number of nitrogens with one attached hydrogen (secondary N) is 5. The summed E-state index contributed by atoms with van der Waals surface area (Å²) in [4.78, 5) is 123. The summed E-state index contributed by atoms with van der Waals surface area (Å²) in [6.45, 7) is 3.65. The van der Waals surface area contributed by atoms with Gasteiger partial charge in [-0.25, -0.2) is 9.59 Å². The third-order valence-corrected chi connectivity index (χ3v) is 13.2. The van der Waals surface area contributed by atoms with Gasteiger partial charge in [0.15, 0.2) is 5.78 Å². The van der Waals surface area contributed by atoms with Gasteiger partial charge in [0.25, 0.3) is 5.91 Å². The number of ketones is 1. The quantitative estimate of drug-likeness (QED) is 0.0477. The van der Waals surface area contributed by atoms with Crippen LogP contribution in [0.5, 0.6) is 0 Å². The van der Waals surface area contributed by atoms with Crippen molar-refractivity contribution in [2.45, 2.75) is 70.5 Å². The molecule has 1 saturated heterocycles. The highest BCUT2D eigenvalue weighted by atomic mass is 32.2. The molecule has 0 aliphatic carbocycles. The number of amides is 5. The van der Waals surface area contributed by atoms with Crippen molar-refractivity contribution in [2.24, 2.45) is 0 Å². The number of carbonyl (C=O) groups excluding carboxylic acids is 5. The monoisotopic (exact) mass is 1070 g/mol. The number of urea groups is 1. The predicted molar refractivity (Wildman–Crippen MR) is 282 cm³/mol. The van der Waals surface area contributed by atoms with Gasteiger partial charge in [-0.15, -0.1) is 0 Å². The number of anilines is 2. The van der Waals surface area contributed by atoms with Crippen LogP contribution in [0, 0.1) is 0 Å². The average Bonchev–Trinajstić information content (AvgIpc) is 3.34. The third-order valence-electron chi connectivity index (χ3n) is 12.4. The van der Waals surface area contributed by atoms with Crippen LogP contribution in [-0.4, -0.2) is 219 Å². The lowest BCUT2D eigenvalue weighted by Crippen LogP contribution is -2.50. The van der Waals surface area contributed by atoms with E-state index in [-0.39, 0.29) is 130 Å². The summed E-state index contributed by atoms with van der Waals surface area (Å²) < 4.78 is 0. The van der Waals surface area contributed by atoms with Crippen molar-refractivity contribution < 1.29 is 63.6 Å². The van der Waals surface area contributed by atoms with Gasteiger partial charge in [0.2, 0.25) is 11.8 Å². The summed E-state index contributed by atoms with van der Waals surface area (Å²) in [6, 6.07) is 9.56. The zero-order valence-electron chi connectivity index (χ0n) is 42.0. The highest BCUT2D eigenvalue weighted by Gasteiger charge is 2.29. The minimum atomic E-state index is -1.24. The second-order valence-electron chi connectivity index (χ2n) is 18.2. The Morgan fingerprint density at radius 3 is 1.70 bits per heavy atom. The zero-order chi connectivity index (χ0) is 54.2. The minimum Gasteiger partial charge on any atom is -0.480 e.